The second kappa shape index (κ2) is 5.38. The second-order valence-corrected chi connectivity index (χ2v) is 4.53. The van der Waals surface area contributed by atoms with E-state index in [2.05, 4.69) is 0 Å². The van der Waals surface area contributed by atoms with Crippen molar-refractivity contribution in [2.75, 3.05) is 31.6 Å². The number of aliphatic hydroxyl groups excluding tert-OH is 1. The number of likely N-dealkylation sites (N-methyl/N-ethyl adjacent to an activating group) is 1. The number of benzene rings is 1. The Kier molecular flexibility index (Phi) is 3.82. The van der Waals surface area contributed by atoms with Gasteiger partial charge in [-0.2, -0.15) is 0 Å². The van der Waals surface area contributed by atoms with Crippen LogP contribution < -0.4 is 10.6 Å². The molecule has 2 amide bonds. The molecule has 3 N–H and O–H groups in total. The average molecular weight is 263 g/mol. The zero-order chi connectivity index (χ0) is 14.0. The highest BCUT2D eigenvalue weighted by Crippen LogP contribution is 2.22. The van der Waals surface area contributed by atoms with Crippen molar-refractivity contribution in [1.82, 2.24) is 4.90 Å². The van der Waals surface area contributed by atoms with Crippen LogP contribution in [-0.2, 0) is 9.59 Å². The fourth-order valence-corrected chi connectivity index (χ4v) is 2.01. The largest absolute Gasteiger partial charge is 0.387 e. The minimum atomic E-state index is -0.766. The van der Waals surface area contributed by atoms with Crippen LogP contribution >= 0.6 is 0 Å². The summed E-state index contributed by atoms with van der Waals surface area (Å²) in [4.78, 5) is 26.4. The van der Waals surface area contributed by atoms with Gasteiger partial charge in [0.1, 0.15) is 0 Å². The lowest BCUT2D eigenvalue weighted by Gasteiger charge is -2.31. The quantitative estimate of drug-likeness (QED) is 0.719. The Hall–Kier alpha value is -1.92. The Balaban J connectivity index is 2.27. The van der Waals surface area contributed by atoms with E-state index in [0.29, 0.717) is 24.3 Å². The molecule has 6 nitrogen and oxygen atoms in total. The monoisotopic (exact) mass is 263 g/mol. The molecule has 1 aromatic carbocycles. The van der Waals surface area contributed by atoms with Crippen LogP contribution in [0.4, 0.5) is 5.69 Å². The summed E-state index contributed by atoms with van der Waals surface area (Å²) in [5.41, 5.74) is 6.65. The van der Waals surface area contributed by atoms with Crippen LogP contribution in [0.2, 0.25) is 0 Å². The zero-order valence-electron chi connectivity index (χ0n) is 10.7. The molecule has 6 heteroatoms. The molecular formula is C13H17N3O3. The van der Waals surface area contributed by atoms with Gasteiger partial charge in [0, 0.05) is 32.4 Å². The lowest BCUT2D eigenvalue weighted by Crippen LogP contribution is -2.53. The lowest BCUT2D eigenvalue weighted by molar-refractivity contribution is -0.145. The molecule has 102 valence electrons. The first-order valence-electron chi connectivity index (χ1n) is 6.09. The molecule has 0 radical (unpaired) electrons. The number of aliphatic hydroxyl groups is 1. The van der Waals surface area contributed by atoms with Gasteiger partial charge in [0.25, 0.3) is 0 Å². The summed E-state index contributed by atoms with van der Waals surface area (Å²) in [6.45, 7) is 1.05. The van der Waals surface area contributed by atoms with E-state index in [9.17, 15) is 14.7 Å². The van der Waals surface area contributed by atoms with Gasteiger partial charge in [-0.1, -0.05) is 12.1 Å². The third kappa shape index (κ3) is 2.59. The summed E-state index contributed by atoms with van der Waals surface area (Å²) in [5.74, 6) is -1.07. The number of anilines is 1. The zero-order valence-corrected chi connectivity index (χ0v) is 10.7. The number of amides is 2. The van der Waals surface area contributed by atoms with Crippen LogP contribution in [0.25, 0.3) is 0 Å². The van der Waals surface area contributed by atoms with Gasteiger partial charge in [0.15, 0.2) is 0 Å². The molecule has 1 aromatic rings. The Morgan fingerprint density at radius 3 is 2.74 bits per heavy atom. The summed E-state index contributed by atoms with van der Waals surface area (Å²) in [7, 11) is 1.60. The van der Waals surface area contributed by atoms with Gasteiger partial charge >= 0.3 is 11.8 Å². The number of carbonyl (C=O) groups excluding carboxylic acids is 2. The maximum absolute atomic E-state index is 11.9. The normalized spacial score (nSPS) is 17.8. The molecule has 1 aliphatic rings. The summed E-state index contributed by atoms with van der Waals surface area (Å²) in [6.07, 6.45) is -0.766. The maximum Gasteiger partial charge on any atom is 0.316 e. The smallest absolute Gasteiger partial charge is 0.316 e. The molecule has 2 rings (SSSR count). The molecule has 0 saturated carbocycles. The van der Waals surface area contributed by atoms with Crippen LogP contribution in [-0.4, -0.2) is 48.5 Å². The van der Waals surface area contributed by atoms with Crippen molar-refractivity contribution >= 4 is 17.5 Å². The minimum Gasteiger partial charge on any atom is -0.387 e. The Labute approximate surface area is 111 Å². The van der Waals surface area contributed by atoms with E-state index in [1.54, 1.807) is 31.3 Å². The summed E-state index contributed by atoms with van der Waals surface area (Å²) in [5, 5.41) is 9.71. The highest BCUT2D eigenvalue weighted by Gasteiger charge is 2.31. The van der Waals surface area contributed by atoms with E-state index in [1.807, 2.05) is 0 Å². The van der Waals surface area contributed by atoms with Gasteiger partial charge in [-0.3, -0.25) is 9.59 Å². The fourth-order valence-electron chi connectivity index (χ4n) is 2.01. The Bertz CT molecular complexity index is 504. The van der Waals surface area contributed by atoms with Crippen molar-refractivity contribution in [3.8, 4) is 0 Å². The van der Waals surface area contributed by atoms with Gasteiger partial charge < -0.3 is 20.6 Å². The molecule has 0 bridgehead atoms. The highest BCUT2D eigenvalue weighted by atomic mass is 16.3. The molecule has 0 aromatic heterocycles. The number of hydrogen-bond acceptors (Lipinski definition) is 4. The van der Waals surface area contributed by atoms with Gasteiger partial charge in [0.05, 0.1) is 6.10 Å². The lowest BCUT2D eigenvalue weighted by atomic mass is 10.1. The standard InChI is InChI=1S/C13H17N3O3/c1-15-5-6-16(13(19)12(15)18)10-4-2-3-9(7-10)11(17)8-14/h2-4,7,11,17H,5-6,8,14H2,1H3. The maximum atomic E-state index is 11.9. The first-order chi connectivity index (χ1) is 9.04. The summed E-state index contributed by atoms with van der Waals surface area (Å²) >= 11 is 0. The Morgan fingerprint density at radius 1 is 1.32 bits per heavy atom. The topological polar surface area (TPSA) is 86.9 Å². The van der Waals surface area contributed by atoms with Crippen molar-refractivity contribution < 1.29 is 14.7 Å². The van der Waals surface area contributed by atoms with E-state index < -0.39 is 17.9 Å². The number of carbonyl (C=O) groups is 2. The molecule has 1 unspecified atom stereocenters. The number of hydrogen-bond donors (Lipinski definition) is 2. The van der Waals surface area contributed by atoms with Crippen molar-refractivity contribution in [3.63, 3.8) is 0 Å². The van der Waals surface area contributed by atoms with Gasteiger partial charge in [-0.25, -0.2) is 0 Å². The van der Waals surface area contributed by atoms with E-state index in [1.165, 1.54) is 9.80 Å². The van der Waals surface area contributed by atoms with E-state index in [0.717, 1.165) is 0 Å². The average Bonchev–Trinajstić information content (AvgIpc) is 2.44. The summed E-state index contributed by atoms with van der Waals surface area (Å²) in [6, 6.07) is 6.90. The van der Waals surface area contributed by atoms with Crippen LogP contribution in [0, 0.1) is 0 Å². The van der Waals surface area contributed by atoms with Crippen molar-refractivity contribution in [3.05, 3.63) is 29.8 Å². The molecule has 1 aliphatic heterocycles. The van der Waals surface area contributed by atoms with Crippen molar-refractivity contribution in [2.45, 2.75) is 6.10 Å². The van der Waals surface area contributed by atoms with Crippen LogP contribution in [0.3, 0.4) is 0 Å². The van der Waals surface area contributed by atoms with Gasteiger partial charge in [-0.05, 0) is 17.7 Å². The van der Waals surface area contributed by atoms with Gasteiger partial charge in [0.2, 0.25) is 0 Å². The fraction of sp³-hybridized carbons (Fsp3) is 0.385. The third-order valence-corrected chi connectivity index (χ3v) is 3.22. The van der Waals surface area contributed by atoms with E-state index >= 15 is 0 Å². The van der Waals surface area contributed by atoms with E-state index in [-0.39, 0.29) is 6.54 Å². The SMILES string of the molecule is CN1CCN(c2cccc(C(O)CN)c2)C(=O)C1=O. The van der Waals surface area contributed by atoms with Crippen LogP contribution in [0.5, 0.6) is 0 Å². The van der Waals surface area contributed by atoms with Gasteiger partial charge in [-0.15, -0.1) is 0 Å². The third-order valence-electron chi connectivity index (χ3n) is 3.22. The molecule has 19 heavy (non-hydrogen) atoms. The first kappa shape index (κ1) is 13.5. The molecule has 0 spiro atoms. The molecule has 1 saturated heterocycles. The van der Waals surface area contributed by atoms with Crippen LogP contribution in [0.15, 0.2) is 24.3 Å². The molecule has 1 heterocycles. The van der Waals surface area contributed by atoms with Crippen molar-refractivity contribution in [2.24, 2.45) is 5.73 Å². The van der Waals surface area contributed by atoms with Crippen molar-refractivity contribution in [1.29, 1.82) is 0 Å². The number of nitrogens with two attached hydrogens (primary N) is 1. The number of nitrogens with zero attached hydrogens (tertiary/aromatic N) is 2. The minimum absolute atomic E-state index is 0.110. The predicted octanol–water partition coefficient (Wildman–Crippen LogP) is -0.516. The first-order valence-corrected chi connectivity index (χ1v) is 6.09. The summed E-state index contributed by atoms with van der Waals surface area (Å²) < 4.78 is 0. The number of piperazine rings is 1. The second-order valence-electron chi connectivity index (χ2n) is 4.53. The molecule has 1 fully saturated rings. The molecular weight excluding hydrogens is 246 g/mol. The van der Waals surface area contributed by atoms with Crippen LogP contribution in [0.1, 0.15) is 11.7 Å². The highest BCUT2D eigenvalue weighted by molar-refractivity contribution is 6.40. The molecule has 0 aliphatic carbocycles. The van der Waals surface area contributed by atoms with E-state index in [4.69, 9.17) is 5.73 Å². The Morgan fingerprint density at radius 2 is 2.05 bits per heavy atom. The molecule has 1 atom stereocenters. The predicted molar refractivity (Wildman–Crippen MR) is 70.4 cm³/mol. The number of rotatable bonds is 3.